The molecule has 3 atom stereocenters. The van der Waals surface area contributed by atoms with E-state index in [-0.39, 0.29) is 11.8 Å². The van der Waals surface area contributed by atoms with E-state index in [0.717, 1.165) is 32.2 Å². The molecule has 96 valence electrons. The van der Waals surface area contributed by atoms with Gasteiger partial charge in [-0.2, -0.15) is 0 Å². The van der Waals surface area contributed by atoms with Crippen LogP contribution in [0, 0.1) is 5.92 Å². The predicted octanol–water partition coefficient (Wildman–Crippen LogP) is 1.57. The summed E-state index contributed by atoms with van der Waals surface area (Å²) in [4.78, 5) is 12.1. The first kappa shape index (κ1) is 11.7. The Hall–Kier alpha value is -1.35. The molecular formula is C15H20N2O. The Morgan fingerprint density at radius 1 is 1.33 bits per heavy atom. The van der Waals surface area contributed by atoms with Gasteiger partial charge in [0.1, 0.15) is 0 Å². The van der Waals surface area contributed by atoms with Crippen LogP contribution in [0.5, 0.6) is 0 Å². The third-order valence-electron chi connectivity index (χ3n) is 4.32. The van der Waals surface area contributed by atoms with Crippen molar-refractivity contribution < 1.29 is 4.79 Å². The van der Waals surface area contributed by atoms with Crippen molar-refractivity contribution in [3.63, 3.8) is 0 Å². The van der Waals surface area contributed by atoms with Crippen LogP contribution in [0.15, 0.2) is 24.3 Å². The van der Waals surface area contributed by atoms with Crippen molar-refractivity contribution in [2.75, 3.05) is 6.54 Å². The number of hydrogen-bond acceptors (Lipinski definition) is 2. The van der Waals surface area contributed by atoms with Crippen LogP contribution >= 0.6 is 0 Å². The summed E-state index contributed by atoms with van der Waals surface area (Å²) < 4.78 is 0. The van der Waals surface area contributed by atoms with Gasteiger partial charge in [0.15, 0.2) is 0 Å². The Labute approximate surface area is 108 Å². The van der Waals surface area contributed by atoms with Crippen molar-refractivity contribution in [1.82, 2.24) is 5.32 Å². The maximum Gasteiger partial charge on any atom is 0.227 e. The third-order valence-corrected chi connectivity index (χ3v) is 4.32. The largest absolute Gasteiger partial charge is 0.355 e. The maximum atomic E-state index is 12.1. The van der Waals surface area contributed by atoms with E-state index in [9.17, 15) is 4.79 Å². The highest BCUT2D eigenvalue weighted by molar-refractivity contribution is 5.86. The highest BCUT2D eigenvalue weighted by Gasteiger charge is 2.32. The number of carbonyl (C=O) groups is 1. The molecule has 2 aliphatic carbocycles. The molecule has 0 heterocycles. The van der Waals surface area contributed by atoms with E-state index in [1.807, 2.05) is 12.1 Å². The molecule has 0 spiro atoms. The molecule has 1 aromatic carbocycles. The predicted molar refractivity (Wildman–Crippen MR) is 71.2 cm³/mol. The minimum Gasteiger partial charge on any atom is -0.355 e. The Morgan fingerprint density at radius 3 is 2.89 bits per heavy atom. The van der Waals surface area contributed by atoms with E-state index in [2.05, 4.69) is 17.4 Å². The zero-order chi connectivity index (χ0) is 12.5. The van der Waals surface area contributed by atoms with Crippen LogP contribution in [0.2, 0.25) is 0 Å². The first-order chi connectivity index (χ1) is 8.74. The van der Waals surface area contributed by atoms with Gasteiger partial charge >= 0.3 is 0 Å². The van der Waals surface area contributed by atoms with Crippen molar-refractivity contribution >= 4 is 5.91 Å². The Morgan fingerprint density at radius 2 is 2.17 bits per heavy atom. The molecule has 3 N–H and O–H groups in total. The van der Waals surface area contributed by atoms with E-state index in [4.69, 9.17) is 5.73 Å². The number of fused-ring (bicyclic) bond motifs is 1. The fourth-order valence-electron chi connectivity index (χ4n) is 3.16. The molecule has 3 nitrogen and oxygen atoms in total. The minimum absolute atomic E-state index is 0.0799. The molecule has 1 amide bonds. The average Bonchev–Trinajstić information content (AvgIpc) is 2.74. The molecule has 2 aliphatic rings. The fourth-order valence-corrected chi connectivity index (χ4v) is 3.16. The van der Waals surface area contributed by atoms with Gasteiger partial charge < -0.3 is 11.1 Å². The fraction of sp³-hybridized carbons (Fsp3) is 0.533. The lowest BCUT2D eigenvalue weighted by Crippen LogP contribution is -2.37. The molecule has 0 aromatic heterocycles. The van der Waals surface area contributed by atoms with Gasteiger partial charge in [0.2, 0.25) is 5.91 Å². The number of benzene rings is 1. The SMILES string of the molecule is NC1CCC(CNC(=O)C2Cc3ccccc32)C1. The summed E-state index contributed by atoms with van der Waals surface area (Å²) in [6, 6.07) is 8.56. The van der Waals surface area contributed by atoms with Gasteiger partial charge in [-0.3, -0.25) is 4.79 Å². The van der Waals surface area contributed by atoms with Crippen LogP contribution in [0.25, 0.3) is 0 Å². The normalized spacial score (nSPS) is 29.5. The molecule has 0 aliphatic heterocycles. The Balaban J connectivity index is 1.52. The van der Waals surface area contributed by atoms with Crippen LogP contribution in [-0.2, 0) is 11.2 Å². The summed E-state index contributed by atoms with van der Waals surface area (Å²) in [6.45, 7) is 0.797. The maximum absolute atomic E-state index is 12.1. The van der Waals surface area contributed by atoms with Crippen LogP contribution in [0.3, 0.4) is 0 Å². The third kappa shape index (κ3) is 2.15. The van der Waals surface area contributed by atoms with Crippen molar-refractivity contribution in [1.29, 1.82) is 0 Å². The van der Waals surface area contributed by atoms with Gasteiger partial charge in [-0.1, -0.05) is 24.3 Å². The van der Waals surface area contributed by atoms with Gasteiger partial charge in [0, 0.05) is 12.6 Å². The first-order valence-electron chi connectivity index (χ1n) is 6.85. The number of nitrogens with two attached hydrogens (primary N) is 1. The molecule has 3 rings (SSSR count). The molecule has 0 radical (unpaired) electrons. The number of rotatable bonds is 3. The molecule has 1 saturated carbocycles. The Kier molecular flexibility index (Phi) is 3.08. The second-order valence-electron chi connectivity index (χ2n) is 5.64. The second kappa shape index (κ2) is 4.73. The van der Waals surface area contributed by atoms with E-state index in [1.54, 1.807) is 0 Å². The molecule has 3 unspecified atom stereocenters. The van der Waals surface area contributed by atoms with Gasteiger partial charge in [-0.15, -0.1) is 0 Å². The van der Waals surface area contributed by atoms with Crippen molar-refractivity contribution in [3.8, 4) is 0 Å². The van der Waals surface area contributed by atoms with Crippen LogP contribution < -0.4 is 11.1 Å². The van der Waals surface area contributed by atoms with Gasteiger partial charge in [-0.25, -0.2) is 0 Å². The summed E-state index contributed by atoms with van der Waals surface area (Å²) in [5.41, 5.74) is 8.41. The van der Waals surface area contributed by atoms with Crippen molar-refractivity contribution in [3.05, 3.63) is 35.4 Å². The highest BCUT2D eigenvalue weighted by Crippen LogP contribution is 2.35. The summed E-state index contributed by atoms with van der Waals surface area (Å²) >= 11 is 0. The van der Waals surface area contributed by atoms with Crippen molar-refractivity contribution in [2.24, 2.45) is 11.7 Å². The molecule has 1 fully saturated rings. The van der Waals surface area contributed by atoms with Crippen LogP contribution in [0.1, 0.15) is 36.3 Å². The summed E-state index contributed by atoms with van der Waals surface area (Å²) in [5.74, 6) is 0.852. The Bertz CT molecular complexity index is 458. The summed E-state index contributed by atoms with van der Waals surface area (Å²) in [6.07, 6.45) is 4.21. The topological polar surface area (TPSA) is 55.1 Å². The van der Waals surface area contributed by atoms with E-state index < -0.39 is 0 Å². The van der Waals surface area contributed by atoms with E-state index in [0.29, 0.717) is 12.0 Å². The highest BCUT2D eigenvalue weighted by atomic mass is 16.1. The first-order valence-corrected chi connectivity index (χ1v) is 6.85. The lowest BCUT2D eigenvalue weighted by Gasteiger charge is -2.29. The minimum atomic E-state index is 0.0799. The monoisotopic (exact) mass is 244 g/mol. The number of nitrogens with one attached hydrogen (secondary N) is 1. The second-order valence-corrected chi connectivity index (χ2v) is 5.64. The molecular weight excluding hydrogens is 224 g/mol. The molecule has 3 heteroatoms. The van der Waals surface area contributed by atoms with Gasteiger partial charge in [0.05, 0.1) is 5.92 Å². The quantitative estimate of drug-likeness (QED) is 0.848. The molecule has 18 heavy (non-hydrogen) atoms. The molecule has 1 aromatic rings. The number of hydrogen-bond donors (Lipinski definition) is 2. The average molecular weight is 244 g/mol. The number of amides is 1. The smallest absolute Gasteiger partial charge is 0.227 e. The number of carbonyl (C=O) groups excluding carboxylic acids is 1. The van der Waals surface area contributed by atoms with E-state index in [1.165, 1.54) is 11.1 Å². The van der Waals surface area contributed by atoms with E-state index >= 15 is 0 Å². The zero-order valence-electron chi connectivity index (χ0n) is 10.6. The molecule has 0 saturated heterocycles. The van der Waals surface area contributed by atoms with Crippen LogP contribution in [-0.4, -0.2) is 18.5 Å². The zero-order valence-corrected chi connectivity index (χ0v) is 10.6. The van der Waals surface area contributed by atoms with Crippen molar-refractivity contribution in [2.45, 2.75) is 37.6 Å². The lowest BCUT2D eigenvalue weighted by molar-refractivity contribution is -0.123. The lowest BCUT2D eigenvalue weighted by atomic mass is 9.77. The standard InChI is InChI=1S/C15H20N2O/c16-12-6-5-10(7-12)9-17-15(18)14-8-11-3-1-2-4-13(11)14/h1-4,10,12,14H,5-9,16H2,(H,17,18). The molecule has 0 bridgehead atoms. The van der Waals surface area contributed by atoms with Crippen LogP contribution in [0.4, 0.5) is 0 Å². The van der Waals surface area contributed by atoms with Gasteiger partial charge in [0.25, 0.3) is 0 Å². The summed E-state index contributed by atoms with van der Waals surface area (Å²) in [5, 5.41) is 3.09. The van der Waals surface area contributed by atoms with Gasteiger partial charge in [-0.05, 0) is 42.7 Å². The summed E-state index contributed by atoms with van der Waals surface area (Å²) in [7, 11) is 0.